The van der Waals surface area contributed by atoms with Crippen molar-refractivity contribution in [1.82, 2.24) is 0 Å². The quantitative estimate of drug-likeness (QED) is 0.702. The molecule has 1 atom stereocenters. The van der Waals surface area contributed by atoms with Crippen molar-refractivity contribution in [3.8, 4) is 0 Å². The van der Waals surface area contributed by atoms with Crippen molar-refractivity contribution < 1.29 is 9.18 Å². The van der Waals surface area contributed by atoms with Gasteiger partial charge in [0.2, 0.25) is 0 Å². The highest BCUT2D eigenvalue weighted by Gasteiger charge is 2.37. The Bertz CT molecular complexity index is 462. The maximum Gasteiger partial charge on any atom is 0.166 e. The monoisotopic (exact) mass is 248 g/mol. The first-order valence-electron chi connectivity index (χ1n) is 6.72. The molecule has 18 heavy (non-hydrogen) atoms. The number of Topliss-reactive ketones (excluding diaryl/α,β-unsaturated/α-hetero) is 1. The molecule has 0 bridgehead atoms. The van der Waals surface area contributed by atoms with Crippen LogP contribution in [0.1, 0.15) is 55.5 Å². The van der Waals surface area contributed by atoms with Crippen LogP contribution >= 0.6 is 0 Å². The van der Waals surface area contributed by atoms with E-state index in [1.165, 1.54) is 12.5 Å². The number of ketones is 1. The lowest BCUT2D eigenvalue weighted by Gasteiger charge is -2.37. The second kappa shape index (κ2) is 4.83. The number of benzene rings is 1. The molecule has 0 amide bonds. The van der Waals surface area contributed by atoms with E-state index in [9.17, 15) is 9.18 Å². The van der Waals surface area contributed by atoms with Gasteiger partial charge in [0, 0.05) is 11.5 Å². The average molecular weight is 248 g/mol. The van der Waals surface area contributed by atoms with Gasteiger partial charge < -0.3 is 0 Å². The van der Waals surface area contributed by atoms with Gasteiger partial charge in [-0.1, -0.05) is 38.8 Å². The first-order valence-corrected chi connectivity index (χ1v) is 6.72. The van der Waals surface area contributed by atoms with E-state index in [-0.39, 0.29) is 22.9 Å². The minimum Gasteiger partial charge on any atom is -0.294 e. The fraction of sp³-hybridized carbons (Fsp3) is 0.562. The molecule has 0 heterocycles. The van der Waals surface area contributed by atoms with Crippen LogP contribution in [0.2, 0.25) is 0 Å². The lowest BCUT2D eigenvalue weighted by atomic mass is 9.66. The molecule has 0 spiro atoms. The lowest BCUT2D eigenvalue weighted by Crippen LogP contribution is -2.34. The summed E-state index contributed by atoms with van der Waals surface area (Å²) in [5, 5.41) is 0. The normalized spacial score (nSPS) is 22.8. The van der Waals surface area contributed by atoms with Gasteiger partial charge in [0.05, 0.1) is 0 Å². The molecule has 2 heteroatoms. The molecule has 0 saturated heterocycles. The molecular weight excluding hydrogens is 227 g/mol. The Morgan fingerprint density at radius 1 is 1.33 bits per heavy atom. The molecule has 1 unspecified atom stereocenters. The molecule has 1 fully saturated rings. The standard InChI is InChI=1S/C16H21FO/c1-11-7-8-12(10-14(11)17)15(18)13-6-4-5-9-16(13,2)3/h7-8,10,13H,4-6,9H2,1-3H3. The first-order chi connectivity index (χ1) is 8.42. The third kappa shape index (κ3) is 2.47. The Kier molecular flexibility index (Phi) is 3.56. The van der Waals surface area contributed by atoms with E-state index < -0.39 is 0 Å². The first kappa shape index (κ1) is 13.3. The Labute approximate surface area is 108 Å². The third-order valence-corrected chi connectivity index (χ3v) is 4.28. The molecule has 0 radical (unpaired) electrons. The largest absolute Gasteiger partial charge is 0.294 e. The summed E-state index contributed by atoms with van der Waals surface area (Å²) >= 11 is 0. The third-order valence-electron chi connectivity index (χ3n) is 4.28. The molecular formula is C16H21FO. The summed E-state index contributed by atoms with van der Waals surface area (Å²) in [7, 11) is 0. The van der Waals surface area contributed by atoms with Crippen molar-refractivity contribution >= 4 is 5.78 Å². The van der Waals surface area contributed by atoms with Crippen molar-refractivity contribution in [2.24, 2.45) is 11.3 Å². The summed E-state index contributed by atoms with van der Waals surface area (Å²) in [5.74, 6) is -0.138. The van der Waals surface area contributed by atoms with Gasteiger partial charge in [0.1, 0.15) is 5.82 Å². The number of hydrogen-bond donors (Lipinski definition) is 0. The maximum absolute atomic E-state index is 13.5. The van der Waals surface area contributed by atoms with E-state index in [0.29, 0.717) is 11.1 Å². The van der Waals surface area contributed by atoms with Crippen LogP contribution < -0.4 is 0 Å². The van der Waals surface area contributed by atoms with Crippen LogP contribution in [0.4, 0.5) is 4.39 Å². The van der Waals surface area contributed by atoms with Gasteiger partial charge >= 0.3 is 0 Å². The fourth-order valence-corrected chi connectivity index (χ4v) is 2.93. The minimum atomic E-state index is -0.283. The minimum absolute atomic E-state index is 0.0355. The number of halogens is 1. The number of aryl methyl sites for hydroxylation is 1. The molecule has 1 aromatic carbocycles. The highest BCUT2D eigenvalue weighted by Crippen LogP contribution is 2.42. The average Bonchev–Trinajstić information content (AvgIpc) is 2.31. The Morgan fingerprint density at radius 2 is 2.06 bits per heavy atom. The molecule has 2 rings (SSSR count). The van der Waals surface area contributed by atoms with Gasteiger partial charge in [-0.25, -0.2) is 4.39 Å². The van der Waals surface area contributed by atoms with Crippen molar-refractivity contribution in [3.63, 3.8) is 0 Å². The molecule has 1 nitrogen and oxygen atoms in total. The molecule has 98 valence electrons. The van der Waals surface area contributed by atoms with Gasteiger partial charge in [-0.05, 0) is 36.8 Å². The molecule has 1 saturated carbocycles. The van der Waals surface area contributed by atoms with Crippen LogP contribution in [-0.4, -0.2) is 5.78 Å². The summed E-state index contributed by atoms with van der Waals surface area (Å²) in [5.41, 5.74) is 1.16. The van der Waals surface area contributed by atoms with Crippen LogP contribution in [0.25, 0.3) is 0 Å². The van der Waals surface area contributed by atoms with Crippen molar-refractivity contribution in [2.75, 3.05) is 0 Å². The molecule has 0 aliphatic heterocycles. The van der Waals surface area contributed by atoms with Crippen LogP contribution in [0.3, 0.4) is 0 Å². The number of carbonyl (C=O) groups is 1. The number of rotatable bonds is 2. The van der Waals surface area contributed by atoms with E-state index in [2.05, 4.69) is 13.8 Å². The Hall–Kier alpha value is -1.18. The number of hydrogen-bond acceptors (Lipinski definition) is 1. The molecule has 0 N–H and O–H groups in total. The van der Waals surface area contributed by atoms with Crippen LogP contribution in [0.5, 0.6) is 0 Å². The summed E-state index contributed by atoms with van der Waals surface area (Å²) in [6.45, 7) is 6.02. The molecule has 1 aromatic rings. The summed E-state index contributed by atoms with van der Waals surface area (Å²) in [6.07, 6.45) is 4.31. The van der Waals surface area contributed by atoms with Crippen molar-refractivity contribution in [1.29, 1.82) is 0 Å². The highest BCUT2D eigenvalue weighted by molar-refractivity contribution is 5.98. The van der Waals surface area contributed by atoms with E-state index in [0.717, 1.165) is 19.3 Å². The fourth-order valence-electron chi connectivity index (χ4n) is 2.93. The smallest absolute Gasteiger partial charge is 0.166 e. The summed E-state index contributed by atoms with van der Waals surface area (Å²) in [6, 6.07) is 4.84. The van der Waals surface area contributed by atoms with Crippen LogP contribution in [-0.2, 0) is 0 Å². The predicted octanol–water partition coefficient (Wildman–Crippen LogP) is 4.53. The van der Waals surface area contributed by atoms with Crippen molar-refractivity contribution in [2.45, 2.75) is 46.5 Å². The zero-order valence-corrected chi connectivity index (χ0v) is 11.4. The van der Waals surface area contributed by atoms with Gasteiger partial charge in [0.15, 0.2) is 5.78 Å². The van der Waals surface area contributed by atoms with E-state index >= 15 is 0 Å². The molecule has 1 aliphatic rings. The maximum atomic E-state index is 13.5. The summed E-state index contributed by atoms with van der Waals surface area (Å²) in [4.78, 5) is 12.5. The Morgan fingerprint density at radius 3 is 2.67 bits per heavy atom. The van der Waals surface area contributed by atoms with E-state index in [1.54, 1.807) is 19.1 Å². The second-order valence-electron chi connectivity index (χ2n) is 6.12. The summed E-state index contributed by atoms with van der Waals surface area (Å²) < 4.78 is 13.5. The van der Waals surface area contributed by atoms with E-state index in [1.807, 2.05) is 0 Å². The Balaban J connectivity index is 2.27. The zero-order valence-electron chi connectivity index (χ0n) is 11.4. The highest BCUT2D eigenvalue weighted by atomic mass is 19.1. The SMILES string of the molecule is Cc1ccc(C(=O)C2CCCCC2(C)C)cc1F. The second-order valence-corrected chi connectivity index (χ2v) is 6.12. The van der Waals surface area contributed by atoms with Crippen LogP contribution in [0, 0.1) is 24.1 Å². The van der Waals surface area contributed by atoms with Gasteiger partial charge in [0.25, 0.3) is 0 Å². The lowest BCUT2D eigenvalue weighted by molar-refractivity contribution is 0.0697. The molecule has 1 aliphatic carbocycles. The topological polar surface area (TPSA) is 17.1 Å². The van der Waals surface area contributed by atoms with Crippen molar-refractivity contribution in [3.05, 3.63) is 35.1 Å². The predicted molar refractivity (Wildman–Crippen MR) is 71.2 cm³/mol. The zero-order chi connectivity index (χ0) is 13.3. The molecule has 0 aromatic heterocycles. The van der Waals surface area contributed by atoms with Gasteiger partial charge in [-0.2, -0.15) is 0 Å². The van der Waals surface area contributed by atoms with Gasteiger partial charge in [-0.15, -0.1) is 0 Å². The number of carbonyl (C=O) groups excluding carboxylic acids is 1. The van der Waals surface area contributed by atoms with E-state index in [4.69, 9.17) is 0 Å². The van der Waals surface area contributed by atoms with Gasteiger partial charge in [-0.3, -0.25) is 4.79 Å². The van der Waals surface area contributed by atoms with Crippen LogP contribution in [0.15, 0.2) is 18.2 Å².